The van der Waals surface area contributed by atoms with Crippen LogP contribution in [0.5, 0.6) is 0 Å². The molecule has 0 aliphatic heterocycles. The maximum atomic E-state index is 12.2. The van der Waals surface area contributed by atoms with Gasteiger partial charge in [-0.2, -0.15) is 0 Å². The highest BCUT2D eigenvalue weighted by Gasteiger charge is 2.39. The highest BCUT2D eigenvalue weighted by Crippen LogP contribution is 2.44. The van der Waals surface area contributed by atoms with Crippen LogP contribution in [0.3, 0.4) is 0 Å². The average molecular weight is 218 g/mol. The average Bonchev–Trinajstić information content (AvgIpc) is 2.15. The van der Waals surface area contributed by atoms with Crippen molar-refractivity contribution in [2.45, 2.75) is 47.0 Å². The number of hydrogen-bond donors (Lipinski definition) is 0. The zero-order chi connectivity index (χ0) is 11.9. The minimum atomic E-state index is 0.266. The van der Waals surface area contributed by atoms with Crippen molar-refractivity contribution in [1.82, 2.24) is 0 Å². The summed E-state index contributed by atoms with van der Waals surface area (Å²) in [6.07, 6.45) is 5.40. The lowest BCUT2D eigenvalue weighted by atomic mass is 9.64. The molecule has 2 rings (SSSR count). The fourth-order valence-corrected chi connectivity index (χ4v) is 3.36. The van der Waals surface area contributed by atoms with Crippen LogP contribution < -0.4 is 0 Å². The lowest BCUT2D eigenvalue weighted by Gasteiger charge is -2.39. The van der Waals surface area contributed by atoms with E-state index in [1.54, 1.807) is 0 Å². The van der Waals surface area contributed by atoms with Crippen molar-refractivity contribution < 1.29 is 4.79 Å². The Labute approximate surface area is 98.6 Å². The van der Waals surface area contributed by atoms with E-state index in [1.165, 1.54) is 29.6 Å². The van der Waals surface area contributed by atoms with E-state index >= 15 is 0 Å². The van der Waals surface area contributed by atoms with E-state index in [0.717, 1.165) is 0 Å². The van der Waals surface area contributed by atoms with Gasteiger partial charge in [0.2, 0.25) is 0 Å². The molecule has 0 bridgehead atoms. The van der Waals surface area contributed by atoms with Gasteiger partial charge >= 0.3 is 0 Å². The van der Waals surface area contributed by atoms with Crippen molar-refractivity contribution in [3.63, 3.8) is 0 Å². The molecule has 16 heavy (non-hydrogen) atoms. The number of carbonyl (C=O) groups excluding carboxylic acids is 1. The number of Topliss-reactive ketones (excluding diaryl/α,β-unsaturated/α-hetero) is 1. The number of carbonyl (C=O) groups is 1. The molecular weight excluding hydrogens is 196 g/mol. The fourth-order valence-electron chi connectivity index (χ4n) is 3.36. The second-order valence-corrected chi connectivity index (χ2v) is 5.75. The summed E-state index contributed by atoms with van der Waals surface area (Å²) >= 11 is 0. The van der Waals surface area contributed by atoms with Gasteiger partial charge < -0.3 is 0 Å². The Bertz CT molecular complexity index is 369. The molecule has 0 N–H and O–H groups in total. The largest absolute Gasteiger partial charge is 0.299 e. The zero-order valence-electron chi connectivity index (χ0n) is 10.8. The third kappa shape index (κ3) is 1.88. The smallest absolute Gasteiger partial charge is 0.141 e. The van der Waals surface area contributed by atoms with Gasteiger partial charge in [-0.05, 0) is 39.5 Å². The Kier molecular flexibility index (Phi) is 3.05. The van der Waals surface area contributed by atoms with Gasteiger partial charge in [-0.3, -0.25) is 4.79 Å². The molecule has 0 spiro atoms. The lowest BCUT2D eigenvalue weighted by molar-refractivity contribution is -0.125. The number of fused-ring (bicyclic) bond motifs is 1. The third-order valence-electron chi connectivity index (χ3n) is 4.20. The number of hydrogen-bond acceptors (Lipinski definition) is 1. The first kappa shape index (κ1) is 11.6. The molecule has 0 aromatic heterocycles. The summed E-state index contributed by atoms with van der Waals surface area (Å²) in [6.45, 7) is 8.71. The Morgan fingerprint density at radius 3 is 2.69 bits per heavy atom. The Hall–Kier alpha value is -0.850. The molecule has 0 saturated heterocycles. The molecule has 1 heteroatoms. The van der Waals surface area contributed by atoms with Gasteiger partial charge in [0.05, 0.1) is 0 Å². The predicted octanol–water partition coefficient (Wildman–Crippen LogP) is 3.90. The van der Waals surface area contributed by atoms with Crippen LogP contribution in [-0.4, -0.2) is 5.78 Å². The van der Waals surface area contributed by atoms with E-state index < -0.39 is 0 Å². The minimum Gasteiger partial charge on any atom is -0.299 e. The van der Waals surface area contributed by atoms with E-state index in [4.69, 9.17) is 0 Å². The number of rotatable bonds is 0. The van der Waals surface area contributed by atoms with E-state index in [-0.39, 0.29) is 5.92 Å². The van der Waals surface area contributed by atoms with Crippen LogP contribution in [0.15, 0.2) is 22.8 Å². The molecular formula is C15H22O. The molecule has 0 unspecified atom stereocenters. The maximum Gasteiger partial charge on any atom is 0.141 e. The highest BCUT2D eigenvalue weighted by molar-refractivity contribution is 5.86. The summed E-state index contributed by atoms with van der Waals surface area (Å²) < 4.78 is 0. The molecule has 1 nitrogen and oxygen atoms in total. The number of allylic oxidation sites excluding steroid dienone is 4. The molecule has 0 heterocycles. The lowest BCUT2D eigenvalue weighted by Crippen LogP contribution is -2.36. The van der Waals surface area contributed by atoms with Crippen LogP contribution in [0.2, 0.25) is 0 Å². The minimum absolute atomic E-state index is 0.266. The van der Waals surface area contributed by atoms with Gasteiger partial charge in [-0.25, -0.2) is 0 Å². The molecule has 88 valence electrons. The SMILES string of the molecule is CC1=C[C@@H]2C(=C(C)C)CC[C@@H](C)[C@H]2C(=O)C1. The van der Waals surface area contributed by atoms with Crippen molar-refractivity contribution >= 4 is 5.78 Å². The molecule has 1 saturated carbocycles. The predicted molar refractivity (Wildman–Crippen MR) is 67.1 cm³/mol. The molecule has 0 radical (unpaired) electrons. The third-order valence-corrected chi connectivity index (χ3v) is 4.20. The normalized spacial score (nSPS) is 34.5. The second kappa shape index (κ2) is 4.20. The molecule has 0 amide bonds. The standard InChI is InChI=1S/C15H22O/c1-9(2)12-6-5-11(4)15-13(12)7-10(3)8-14(15)16/h7,11,13,15H,5-6,8H2,1-4H3/t11-,13-,15-/m1/s1. The van der Waals surface area contributed by atoms with Crippen LogP contribution in [0, 0.1) is 17.8 Å². The van der Waals surface area contributed by atoms with Crippen molar-refractivity contribution in [2.75, 3.05) is 0 Å². The van der Waals surface area contributed by atoms with Gasteiger partial charge in [-0.15, -0.1) is 0 Å². The summed E-state index contributed by atoms with van der Waals surface area (Å²) in [5.74, 6) is 1.71. The van der Waals surface area contributed by atoms with Crippen molar-refractivity contribution in [1.29, 1.82) is 0 Å². The van der Waals surface area contributed by atoms with Crippen LogP contribution in [0.4, 0.5) is 0 Å². The van der Waals surface area contributed by atoms with Crippen LogP contribution in [0.1, 0.15) is 47.0 Å². The van der Waals surface area contributed by atoms with Gasteiger partial charge in [0.1, 0.15) is 5.78 Å². The topological polar surface area (TPSA) is 17.1 Å². The van der Waals surface area contributed by atoms with Crippen LogP contribution in [-0.2, 0) is 4.79 Å². The zero-order valence-corrected chi connectivity index (χ0v) is 10.8. The monoisotopic (exact) mass is 218 g/mol. The maximum absolute atomic E-state index is 12.2. The molecule has 0 aromatic carbocycles. The first-order valence-corrected chi connectivity index (χ1v) is 6.37. The Balaban J connectivity index is 2.43. The fraction of sp³-hybridized carbons (Fsp3) is 0.667. The summed E-state index contributed by atoms with van der Waals surface area (Å²) in [4.78, 5) is 12.2. The second-order valence-electron chi connectivity index (χ2n) is 5.75. The molecule has 1 fully saturated rings. The van der Waals surface area contributed by atoms with Gasteiger partial charge in [0, 0.05) is 18.3 Å². The number of ketones is 1. The quantitative estimate of drug-likeness (QED) is 0.563. The highest BCUT2D eigenvalue weighted by atomic mass is 16.1. The van der Waals surface area contributed by atoms with E-state index in [9.17, 15) is 4.79 Å². The van der Waals surface area contributed by atoms with Crippen LogP contribution in [0.25, 0.3) is 0 Å². The first-order valence-electron chi connectivity index (χ1n) is 6.37. The summed E-state index contributed by atoms with van der Waals surface area (Å²) in [5.41, 5.74) is 4.20. The molecule has 2 aliphatic rings. The Morgan fingerprint density at radius 1 is 1.38 bits per heavy atom. The molecule has 3 atom stereocenters. The van der Waals surface area contributed by atoms with Crippen molar-refractivity contribution in [3.05, 3.63) is 22.8 Å². The van der Waals surface area contributed by atoms with Gasteiger partial charge in [0.25, 0.3) is 0 Å². The molecule has 2 aliphatic carbocycles. The van der Waals surface area contributed by atoms with E-state index in [1.807, 2.05) is 0 Å². The van der Waals surface area contributed by atoms with Crippen LogP contribution >= 0.6 is 0 Å². The van der Waals surface area contributed by atoms with Crippen molar-refractivity contribution in [3.8, 4) is 0 Å². The van der Waals surface area contributed by atoms with Crippen molar-refractivity contribution in [2.24, 2.45) is 17.8 Å². The first-order chi connectivity index (χ1) is 7.50. The summed E-state index contributed by atoms with van der Waals surface area (Å²) in [6, 6.07) is 0. The van der Waals surface area contributed by atoms with Gasteiger partial charge in [-0.1, -0.05) is 29.7 Å². The Morgan fingerprint density at radius 2 is 2.06 bits per heavy atom. The van der Waals surface area contributed by atoms with E-state index in [0.29, 0.717) is 24.0 Å². The van der Waals surface area contributed by atoms with E-state index in [2.05, 4.69) is 33.8 Å². The summed E-state index contributed by atoms with van der Waals surface area (Å²) in [5, 5.41) is 0. The van der Waals surface area contributed by atoms with Gasteiger partial charge in [0.15, 0.2) is 0 Å². The molecule has 0 aromatic rings. The summed E-state index contributed by atoms with van der Waals surface area (Å²) in [7, 11) is 0.